The molecule has 9 unspecified atom stereocenters. The van der Waals surface area contributed by atoms with Gasteiger partial charge < -0.3 is 50.5 Å². The van der Waals surface area contributed by atoms with Gasteiger partial charge in [-0.2, -0.15) is 0 Å². The molecule has 8 N–H and O–H groups in total. The van der Waals surface area contributed by atoms with Gasteiger partial charge in [0.25, 0.3) is 0 Å². The minimum Gasteiger partial charge on any atom is -0.394 e. The van der Waals surface area contributed by atoms with E-state index in [-0.39, 0.29) is 6.42 Å². The van der Waals surface area contributed by atoms with Gasteiger partial charge in [0.1, 0.15) is 36.6 Å². The molecular weight excluding hydrogens is 883 g/mol. The summed E-state index contributed by atoms with van der Waals surface area (Å²) in [5, 5.41) is 76.2. The number of aliphatic hydroxyl groups is 7. The highest BCUT2D eigenvalue weighted by atomic mass is 16.7. The van der Waals surface area contributed by atoms with Crippen LogP contribution in [0.3, 0.4) is 0 Å². The number of unbranched alkanes of at least 4 members (excludes halogenated alkanes) is 35. The van der Waals surface area contributed by atoms with E-state index in [1.807, 2.05) is 0 Å². The van der Waals surface area contributed by atoms with E-state index in [0.29, 0.717) is 19.3 Å². The van der Waals surface area contributed by atoms with E-state index in [2.05, 4.69) is 43.5 Å². The highest BCUT2D eigenvalue weighted by molar-refractivity contribution is 5.80. The van der Waals surface area contributed by atoms with Crippen LogP contribution in [-0.4, -0.2) is 110 Å². The lowest BCUT2D eigenvalue weighted by molar-refractivity contribution is -0.303. The van der Waals surface area contributed by atoms with Crippen LogP contribution in [0.15, 0.2) is 24.3 Å². The summed E-state index contributed by atoms with van der Waals surface area (Å²) < 4.78 is 11.1. The van der Waals surface area contributed by atoms with Crippen LogP contribution in [0.1, 0.15) is 277 Å². The monoisotopic (exact) mass is 996 g/mol. The first-order valence-corrected chi connectivity index (χ1v) is 29.7. The highest BCUT2D eigenvalue weighted by Gasteiger charge is 2.44. The molecule has 70 heavy (non-hydrogen) atoms. The van der Waals surface area contributed by atoms with E-state index in [9.17, 15) is 40.5 Å². The van der Waals surface area contributed by atoms with E-state index < -0.39 is 74.2 Å². The maximum absolute atomic E-state index is 13.2. The van der Waals surface area contributed by atoms with Crippen molar-refractivity contribution in [1.29, 1.82) is 0 Å². The van der Waals surface area contributed by atoms with Crippen molar-refractivity contribution in [3.63, 3.8) is 0 Å². The normalized spacial score (nSPS) is 20.4. The number of hydrogen-bond donors (Lipinski definition) is 8. The van der Waals surface area contributed by atoms with Crippen LogP contribution in [0.2, 0.25) is 0 Å². The van der Waals surface area contributed by atoms with Crippen molar-refractivity contribution in [1.82, 2.24) is 5.32 Å². The second-order valence-electron chi connectivity index (χ2n) is 21.1. The molecule has 0 aromatic heterocycles. The third-order valence-electron chi connectivity index (χ3n) is 14.5. The molecule has 1 amide bonds. The van der Waals surface area contributed by atoms with Crippen molar-refractivity contribution in [2.24, 2.45) is 0 Å². The number of rotatable bonds is 51. The summed E-state index contributed by atoms with van der Waals surface area (Å²) in [4.78, 5) is 13.2. The van der Waals surface area contributed by atoms with Gasteiger partial charge in [0.2, 0.25) is 5.91 Å². The Hall–Kier alpha value is -1.41. The zero-order valence-corrected chi connectivity index (χ0v) is 45.3. The van der Waals surface area contributed by atoms with Gasteiger partial charge in [0.15, 0.2) is 6.29 Å². The lowest BCUT2D eigenvalue weighted by atomic mass is 9.98. The number of nitrogens with one attached hydrogen (secondary N) is 1. The van der Waals surface area contributed by atoms with Crippen molar-refractivity contribution in [2.45, 2.75) is 332 Å². The molecule has 414 valence electrons. The quantitative estimate of drug-likeness (QED) is 0.0215. The van der Waals surface area contributed by atoms with Crippen LogP contribution in [0, 0.1) is 0 Å². The number of ether oxygens (including phenoxy) is 2. The topological polar surface area (TPSA) is 189 Å². The number of hydrogen-bond acceptors (Lipinski definition) is 10. The Morgan fingerprint density at radius 3 is 1.27 bits per heavy atom. The summed E-state index contributed by atoms with van der Waals surface area (Å²) >= 11 is 0. The van der Waals surface area contributed by atoms with Crippen LogP contribution in [0.4, 0.5) is 0 Å². The standard InChI is InChI=1S/C59H113NO10/c1-3-5-7-9-11-13-15-17-19-21-22-23-24-25-26-27-28-29-31-33-35-37-39-41-43-45-47-52(63)58(68)60-50(49-69-59-57(67)56(66)55(65)53(48-61)70-59)54(64)51(62)46-44-42-40-38-36-34-32-30-20-18-16-14-12-10-8-6-4-2/h22-23,25-26,50-57,59,61-67H,3-21,24,27-49H2,1-2H3,(H,60,68)/b23-22-,26-25-. The molecule has 1 heterocycles. The smallest absolute Gasteiger partial charge is 0.249 e. The largest absolute Gasteiger partial charge is 0.394 e. The molecule has 1 fully saturated rings. The number of amides is 1. The van der Waals surface area contributed by atoms with Crippen LogP contribution < -0.4 is 5.32 Å². The molecule has 0 spiro atoms. The highest BCUT2D eigenvalue weighted by Crippen LogP contribution is 2.23. The molecule has 0 aromatic rings. The minimum absolute atomic E-state index is 0.258. The van der Waals surface area contributed by atoms with Gasteiger partial charge >= 0.3 is 0 Å². The molecule has 1 aliphatic rings. The average molecular weight is 997 g/mol. The number of carbonyl (C=O) groups excluding carboxylic acids is 1. The molecule has 11 nitrogen and oxygen atoms in total. The number of allylic oxidation sites excluding steroid dienone is 4. The van der Waals surface area contributed by atoms with E-state index in [4.69, 9.17) is 9.47 Å². The summed E-state index contributed by atoms with van der Waals surface area (Å²) in [6.07, 6.45) is 46.5. The summed E-state index contributed by atoms with van der Waals surface area (Å²) in [7, 11) is 0. The molecule has 0 saturated carbocycles. The number of carbonyl (C=O) groups is 1. The van der Waals surface area contributed by atoms with E-state index in [1.54, 1.807) is 0 Å². The molecule has 0 radical (unpaired) electrons. The molecule has 1 saturated heterocycles. The first kappa shape index (κ1) is 66.6. The van der Waals surface area contributed by atoms with Crippen molar-refractivity contribution in [3.05, 3.63) is 24.3 Å². The number of aliphatic hydroxyl groups excluding tert-OH is 7. The zero-order chi connectivity index (χ0) is 51.1. The summed E-state index contributed by atoms with van der Waals surface area (Å²) in [6, 6.07) is -1.17. The van der Waals surface area contributed by atoms with Crippen LogP contribution in [-0.2, 0) is 14.3 Å². The molecular formula is C59H113NO10. The Labute approximate surface area is 429 Å². The fourth-order valence-electron chi connectivity index (χ4n) is 9.65. The van der Waals surface area contributed by atoms with E-state index in [0.717, 1.165) is 51.4 Å². The van der Waals surface area contributed by atoms with Gasteiger partial charge in [-0.15, -0.1) is 0 Å². The third-order valence-corrected chi connectivity index (χ3v) is 14.5. The second kappa shape index (κ2) is 48.5. The van der Waals surface area contributed by atoms with Crippen molar-refractivity contribution < 1.29 is 50.0 Å². The summed E-state index contributed by atoms with van der Waals surface area (Å²) in [5.41, 5.74) is 0. The fourth-order valence-corrected chi connectivity index (χ4v) is 9.65. The van der Waals surface area contributed by atoms with Crippen molar-refractivity contribution in [3.8, 4) is 0 Å². The van der Waals surface area contributed by atoms with Gasteiger partial charge in [0.05, 0.1) is 25.4 Å². The maximum atomic E-state index is 13.2. The van der Waals surface area contributed by atoms with Crippen LogP contribution in [0.5, 0.6) is 0 Å². The molecule has 9 atom stereocenters. The first-order chi connectivity index (χ1) is 34.2. The van der Waals surface area contributed by atoms with Crippen LogP contribution >= 0.6 is 0 Å². The van der Waals surface area contributed by atoms with Gasteiger partial charge in [-0.3, -0.25) is 4.79 Å². The predicted octanol–water partition coefficient (Wildman–Crippen LogP) is 12.5. The molecule has 1 rings (SSSR count). The first-order valence-electron chi connectivity index (χ1n) is 29.7. The molecule has 0 aliphatic carbocycles. The minimum atomic E-state index is -1.66. The van der Waals surface area contributed by atoms with Gasteiger partial charge in [-0.1, -0.05) is 256 Å². The Kier molecular flexibility index (Phi) is 46.2. The molecule has 1 aliphatic heterocycles. The Morgan fingerprint density at radius 1 is 0.500 bits per heavy atom. The predicted molar refractivity (Wildman–Crippen MR) is 289 cm³/mol. The Morgan fingerprint density at radius 2 is 0.871 bits per heavy atom. The fraction of sp³-hybridized carbons (Fsp3) is 0.915. The molecule has 0 aromatic carbocycles. The lowest BCUT2D eigenvalue weighted by Crippen LogP contribution is -2.60. The van der Waals surface area contributed by atoms with E-state index >= 15 is 0 Å². The van der Waals surface area contributed by atoms with Crippen molar-refractivity contribution >= 4 is 5.91 Å². The summed E-state index contributed by atoms with van der Waals surface area (Å²) in [5.74, 6) is -0.696. The Bertz CT molecular complexity index is 1190. The van der Waals surface area contributed by atoms with Crippen LogP contribution in [0.25, 0.3) is 0 Å². The van der Waals surface area contributed by atoms with Gasteiger partial charge in [0, 0.05) is 0 Å². The molecule has 0 bridgehead atoms. The SMILES string of the molecule is CCCCCCCCCCC/C=C\C/C=C\CCCCCCCCCCCCC(O)C(=O)NC(COC1OC(CO)C(O)C(O)C1O)C(O)C(O)CCCCCCCCCCCCCCCCCCC. The zero-order valence-electron chi connectivity index (χ0n) is 45.3. The second-order valence-corrected chi connectivity index (χ2v) is 21.1. The molecule has 11 heteroatoms. The third kappa shape index (κ3) is 36.5. The Balaban J connectivity index is 2.29. The summed E-state index contributed by atoms with van der Waals surface area (Å²) in [6.45, 7) is 3.48. The lowest BCUT2D eigenvalue weighted by Gasteiger charge is -2.40. The van der Waals surface area contributed by atoms with Crippen molar-refractivity contribution in [2.75, 3.05) is 13.2 Å². The van der Waals surface area contributed by atoms with E-state index in [1.165, 1.54) is 186 Å². The average Bonchev–Trinajstić information content (AvgIpc) is 3.36. The maximum Gasteiger partial charge on any atom is 0.249 e. The van der Waals surface area contributed by atoms with Gasteiger partial charge in [-0.05, 0) is 44.9 Å². The van der Waals surface area contributed by atoms with Gasteiger partial charge in [-0.25, -0.2) is 0 Å².